The van der Waals surface area contributed by atoms with Gasteiger partial charge in [-0.05, 0) is 53.9 Å². The third-order valence-electron chi connectivity index (χ3n) is 7.01. The van der Waals surface area contributed by atoms with Crippen LogP contribution in [-0.4, -0.2) is 53.7 Å². The Kier molecular flexibility index (Phi) is 7.20. The maximum Gasteiger partial charge on any atom is 0.407 e. The molecule has 3 unspecified atom stereocenters. The number of amides is 2. The van der Waals surface area contributed by atoms with E-state index in [2.05, 4.69) is 24.4 Å². The minimum atomic E-state index is -1.01. The molecule has 0 radical (unpaired) electrons. The Balaban J connectivity index is 1.41. The number of benzene rings is 2. The predicted molar refractivity (Wildman–Crippen MR) is 128 cm³/mol. The molecule has 1 fully saturated rings. The van der Waals surface area contributed by atoms with Crippen molar-refractivity contribution in [1.29, 1.82) is 0 Å². The van der Waals surface area contributed by atoms with E-state index in [-0.39, 0.29) is 31.3 Å². The second-order valence-corrected chi connectivity index (χ2v) is 9.30. The van der Waals surface area contributed by atoms with Gasteiger partial charge in [0, 0.05) is 25.4 Å². The first kappa shape index (κ1) is 23.8. The number of alkyl carbamates (subject to hydrolysis) is 1. The average molecular weight is 465 g/mol. The summed E-state index contributed by atoms with van der Waals surface area (Å²) < 4.78 is 5.58. The molecule has 180 valence electrons. The summed E-state index contributed by atoms with van der Waals surface area (Å²) in [5.41, 5.74) is 4.47. The number of carbonyl (C=O) groups excluding carboxylic acids is 2. The number of nitrogens with one attached hydrogen (secondary N) is 1. The zero-order valence-electron chi connectivity index (χ0n) is 19.7. The summed E-state index contributed by atoms with van der Waals surface area (Å²) in [6.07, 6.45) is 0.192. The minimum absolute atomic E-state index is 0.0229. The van der Waals surface area contributed by atoms with Gasteiger partial charge in [-0.25, -0.2) is 4.79 Å². The van der Waals surface area contributed by atoms with Gasteiger partial charge in [-0.15, -0.1) is 0 Å². The first-order valence-corrected chi connectivity index (χ1v) is 12.0. The van der Waals surface area contributed by atoms with Crippen LogP contribution in [0.25, 0.3) is 11.1 Å². The Hall–Kier alpha value is -3.35. The van der Waals surface area contributed by atoms with E-state index < -0.39 is 18.1 Å². The van der Waals surface area contributed by atoms with Crippen LogP contribution in [0, 0.1) is 11.8 Å². The second-order valence-electron chi connectivity index (χ2n) is 9.30. The smallest absolute Gasteiger partial charge is 0.407 e. The quantitative estimate of drug-likeness (QED) is 0.548. The van der Waals surface area contributed by atoms with Crippen molar-refractivity contribution in [2.45, 2.75) is 45.1 Å². The van der Waals surface area contributed by atoms with E-state index in [1.165, 1.54) is 0 Å². The van der Waals surface area contributed by atoms with Crippen molar-refractivity contribution < 1.29 is 24.2 Å². The molecule has 1 saturated carbocycles. The predicted octanol–water partition coefficient (Wildman–Crippen LogP) is 4.26. The van der Waals surface area contributed by atoms with Crippen LogP contribution in [0.15, 0.2) is 48.5 Å². The summed E-state index contributed by atoms with van der Waals surface area (Å²) in [4.78, 5) is 38.7. The fourth-order valence-electron chi connectivity index (χ4n) is 4.84. The summed E-state index contributed by atoms with van der Waals surface area (Å²) in [6, 6.07) is 15.2. The number of carbonyl (C=O) groups is 3. The third kappa shape index (κ3) is 5.24. The highest BCUT2D eigenvalue weighted by molar-refractivity contribution is 5.86. The van der Waals surface area contributed by atoms with Crippen molar-refractivity contribution in [1.82, 2.24) is 10.2 Å². The third-order valence-corrected chi connectivity index (χ3v) is 7.01. The van der Waals surface area contributed by atoms with Crippen molar-refractivity contribution in [3.8, 4) is 11.1 Å². The zero-order chi connectivity index (χ0) is 24.2. The molecule has 2 amide bonds. The van der Waals surface area contributed by atoms with E-state index in [1.54, 1.807) is 4.90 Å². The molecule has 0 bridgehead atoms. The van der Waals surface area contributed by atoms with E-state index in [0.29, 0.717) is 24.9 Å². The van der Waals surface area contributed by atoms with Crippen molar-refractivity contribution in [2.24, 2.45) is 11.8 Å². The topological polar surface area (TPSA) is 95.9 Å². The number of hydrogen-bond acceptors (Lipinski definition) is 4. The maximum atomic E-state index is 13.1. The molecule has 0 aliphatic heterocycles. The molecular weight excluding hydrogens is 432 g/mol. The number of carboxylic acids is 1. The molecule has 0 spiro atoms. The standard InChI is InChI=1S/C27H32N2O5/c1-3-29(15-18-14-17(18)2)26(32)24(12-13-25(30)31)28-27(33)34-16-23-21-10-6-4-8-19(21)20-9-5-7-11-22(20)23/h4-11,17-18,23-24H,3,12-16H2,1-2H3,(H,28,33)(H,30,31). The Morgan fingerprint density at radius 1 is 1.09 bits per heavy atom. The van der Waals surface area contributed by atoms with E-state index in [9.17, 15) is 14.4 Å². The molecule has 0 saturated heterocycles. The molecule has 2 aromatic carbocycles. The van der Waals surface area contributed by atoms with E-state index in [4.69, 9.17) is 9.84 Å². The molecule has 4 rings (SSSR count). The monoisotopic (exact) mass is 464 g/mol. The van der Waals surface area contributed by atoms with Crippen LogP contribution in [-0.2, 0) is 14.3 Å². The van der Waals surface area contributed by atoms with E-state index >= 15 is 0 Å². The number of aliphatic carboxylic acids is 1. The molecule has 7 heteroatoms. The van der Waals surface area contributed by atoms with Crippen LogP contribution >= 0.6 is 0 Å². The first-order valence-electron chi connectivity index (χ1n) is 12.0. The van der Waals surface area contributed by atoms with Crippen molar-refractivity contribution in [3.05, 3.63) is 59.7 Å². The summed E-state index contributed by atoms with van der Waals surface area (Å²) in [7, 11) is 0. The number of rotatable bonds is 10. The average Bonchev–Trinajstić information content (AvgIpc) is 3.44. The Bertz CT molecular complexity index is 1020. The van der Waals surface area contributed by atoms with Gasteiger partial charge in [0.05, 0.1) is 0 Å². The van der Waals surface area contributed by atoms with Crippen molar-refractivity contribution >= 4 is 18.0 Å². The normalized spacial score (nSPS) is 19.0. The molecule has 3 atom stereocenters. The Morgan fingerprint density at radius 2 is 1.68 bits per heavy atom. The Labute approximate surface area is 200 Å². The lowest BCUT2D eigenvalue weighted by atomic mass is 9.98. The van der Waals surface area contributed by atoms with Crippen LogP contribution in [0.3, 0.4) is 0 Å². The van der Waals surface area contributed by atoms with Gasteiger partial charge in [-0.2, -0.15) is 0 Å². The van der Waals surface area contributed by atoms with Crippen LogP contribution in [0.1, 0.15) is 50.2 Å². The van der Waals surface area contributed by atoms with Crippen LogP contribution in [0.2, 0.25) is 0 Å². The molecule has 2 aromatic rings. The summed E-state index contributed by atoms with van der Waals surface area (Å²) in [5.74, 6) is -0.287. The molecular formula is C27H32N2O5. The van der Waals surface area contributed by atoms with Gasteiger partial charge >= 0.3 is 12.1 Å². The van der Waals surface area contributed by atoms with Crippen LogP contribution in [0.5, 0.6) is 0 Å². The van der Waals surface area contributed by atoms with Crippen molar-refractivity contribution in [3.63, 3.8) is 0 Å². The number of carboxylic acid groups (broad SMARTS) is 1. The highest BCUT2D eigenvalue weighted by Crippen LogP contribution is 2.44. The maximum absolute atomic E-state index is 13.1. The number of fused-ring (bicyclic) bond motifs is 3. The van der Waals surface area contributed by atoms with Crippen LogP contribution in [0.4, 0.5) is 4.79 Å². The number of nitrogens with zero attached hydrogens (tertiary/aromatic N) is 1. The molecule has 7 nitrogen and oxygen atoms in total. The zero-order valence-corrected chi connectivity index (χ0v) is 19.7. The molecule has 0 aromatic heterocycles. The Morgan fingerprint density at radius 3 is 2.21 bits per heavy atom. The fraction of sp³-hybridized carbons (Fsp3) is 0.444. The lowest BCUT2D eigenvalue weighted by Gasteiger charge is -2.27. The summed E-state index contributed by atoms with van der Waals surface area (Å²) in [6.45, 7) is 5.33. The van der Waals surface area contributed by atoms with Crippen LogP contribution < -0.4 is 5.32 Å². The van der Waals surface area contributed by atoms with Gasteiger partial charge in [-0.3, -0.25) is 9.59 Å². The number of ether oxygens (including phenoxy) is 1. The van der Waals surface area contributed by atoms with Gasteiger partial charge in [0.15, 0.2) is 0 Å². The van der Waals surface area contributed by atoms with E-state index in [0.717, 1.165) is 28.7 Å². The summed E-state index contributed by atoms with van der Waals surface area (Å²) >= 11 is 0. The van der Waals surface area contributed by atoms with Gasteiger partial charge in [0.2, 0.25) is 5.91 Å². The van der Waals surface area contributed by atoms with Gasteiger partial charge in [0.1, 0.15) is 12.6 Å². The molecule has 34 heavy (non-hydrogen) atoms. The van der Waals surface area contributed by atoms with Gasteiger partial charge in [0.25, 0.3) is 0 Å². The SMILES string of the molecule is CCN(CC1CC1C)C(=O)C(CCC(=O)O)NC(=O)OCC1c2ccccc2-c2ccccc21. The molecule has 2 N–H and O–H groups in total. The number of hydrogen-bond donors (Lipinski definition) is 2. The fourth-order valence-corrected chi connectivity index (χ4v) is 4.84. The highest BCUT2D eigenvalue weighted by atomic mass is 16.5. The second kappa shape index (κ2) is 10.3. The van der Waals surface area contributed by atoms with Gasteiger partial charge < -0.3 is 20.1 Å². The van der Waals surface area contributed by atoms with Gasteiger partial charge in [-0.1, -0.05) is 55.5 Å². The minimum Gasteiger partial charge on any atom is -0.481 e. The highest BCUT2D eigenvalue weighted by Gasteiger charge is 2.36. The summed E-state index contributed by atoms with van der Waals surface area (Å²) in [5, 5.41) is 11.8. The number of likely N-dealkylation sites (N-methyl/N-ethyl adjacent to an activating group) is 1. The lowest BCUT2D eigenvalue weighted by Crippen LogP contribution is -2.49. The van der Waals surface area contributed by atoms with E-state index in [1.807, 2.05) is 43.3 Å². The molecule has 2 aliphatic rings. The van der Waals surface area contributed by atoms with Crippen molar-refractivity contribution in [2.75, 3.05) is 19.7 Å². The molecule has 0 heterocycles. The largest absolute Gasteiger partial charge is 0.481 e. The molecule has 2 aliphatic carbocycles. The lowest BCUT2D eigenvalue weighted by molar-refractivity contribution is -0.138. The first-order chi connectivity index (χ1) is 16.4.